The molecular weight excluding hydrogens is 242 g/mol. The van der Waals surface area contributed by atoms with Crippen molar-refractivity contribution < 1.29 is 14.3 Å². The second kappa shape index (κ2) is 6.40. The molecule has 0 aromatic carbocycles. The van der Waals surface area contributed by atoms with Crippen LogP contribution in [0.3, 0.4) is 0 Å². The second-order valence-electron chi connectivity index (χ2n) is 6.63. The third-order valence-corrected chi connectivity index (χ3v) is 3.35. The van der Waals surface area contributed by atoms with E-state index in [0.717, 1.165) is 19.4 Å². The molecule has 0 aliphatic carbocycles. The summed E-state index contributed by atoms with van der Waals surface area (Å²) in [6.45, 7) is 10.6. The highest BCUT2D eigenvalue weighted by Crippen LogP contribution is 2.24. The molecule has 1 aliphatic heterocycles. The summed E-state index contributed by atoms with van der Waals surface area (Å²) in [5.74, 6) is 0.274. The fourth-order valence-electron chi connectivity index (χ4n) is 2.54. The van der Waals surface area contributed by atoms with Crippen LogP contribution >= 0.6 is 0 Å². The average molecular weight is 269 g/mol. The Morgan fingerprint density at radius 1 is 1.26 bits per heavy atom. The van der Waals surface area contributed by atoms with Crippen LogP contribution in [0.2, 0.25) is 0 Å². The van der Waals surface area contributed by atoms with Crippen LogP contribution in [0, 0.1) is 5.92 Å². The van der Waals surface area contributed by atoms with Crippen LogP contribution < -0.4 is 0 Å². The molecule has 110 valence electrons. The highest BCUT2D eigenvalue weighted by Gasteiger charge is 2.30. The molecule has 1 amide bonds. The average Bonchev–Trinajstić information content (AvgIpc) is 2.72. The van der Waals surface area contributed by atoms with Gasteiger partial charge in [-0.3, -0.25) is 9.59 Å². The summed E-state index contributed by atoms with van der Waals surface area (Å²) in [5, 5.41) is 0. The van der Waals surface area contributed by atoms with E-state index in [9.17, 15) is 9.59 Å². The number of likely N-dealkylation sites (tertiary alicyclic amines) is 1. The van der Waals surface area contributed by atoms with Gasteiger partial charge in [-0.2, -0.15) is 0 Å². The van der Waals surface area contributed by atoms with Crippen LogP contribution in [0.25, 0.3) is 0 Å². The molecule has 4 heteroatoms. The van der Waals surface area contributed by atoms with Gasteiger partial charge in [0.25, 0.3) is 0 Å². The molecule has 1 atom stereocenters. The molecule has 1 heterocycles. The van der Waals surface area contributed by atoms with Crippen molar-refractivity contribution in [3.8, 4) is 0 Å². The molecule has 1 fully saturated rings. The summed E-state index contributed by atoms with van der Waals surface area (Å²) in [5.41, 5.74) is -0.478. The maximum atomic E-state index is 12.1. The van der Waals surface area contributed by atoms with E-state index in [1.165, 1.54) is 0 Å². The summed E-state index contributed by atoms with van der Waals surface area (Å²) in [6, 6.07) is 0.339. The number of rotatable bonds is 4. The molecular formula is C15H27NO3. The molecule has 0 bridgehead atoms. The van der Waals surface area contributed by atoms with E-state index < -0.39 is 5.60 Å². The van der Waals surface area contributed by atoms with Crippen molar-refractivity contribution in [1.29, 1.82) is 0 Å². The normalized spacial score (nSPS) is 19.9. The highest BCUT2D eigenvalue weighted by atomic mass is 16.6. The predicted octanol–water partition coefficient (Wildman–Crippen LogP) is 2.76. The SMILES string of the molecule is CC(C)C1CCCN1C(=O)CCC(=O)OC(C)(C)C. The van der Waals surface area contributed by atoms with Crippen LogP contribution in [-0.2, 0) is 14.3 Å². The minimum atomic E-state index is -0.478. The van der Waals surface area contributed by atoms with Crippen molar-refractivity contribution in [2.45, 2.75) is 71.9 Å². The van der Waals surface area contributed by atoms with E-state index in [-0.39, 0.29) is 24.7 Å². The van der Waals surface area contributed by atoms with Crippen molar-refractivity contribution in [2.75, 3.05) is 6.54 Å². The summed E-state index contributed by atoms with van der Waals surface area (Å²) in [4.78, 5) is 25.7. The molecule has 0 radical (unpaired) electrons. The number of carbonyl (C=O) groups excluding carboxylic acids is 2. The Labute approximate surface area is 116 Å². The van der Waals surface area contributed by atoms with Gasteiger partial charge in [-0.1, -0.05) is 13.8 Å². The van der Waals surface area contributed by atoms with Gasteiger partial charge >= 0.3 is 5.97 Å². The van der Waals surface area contributed by atoms with E-state index in [4.69, 9.17) is 4.74 Å². The lowest BCUT2D eigenvalue weighted by Gasteiger charge is -2.28. The van der Waals surface area contributed by atoms with E-state index in [1.54, 1.807) is 0 Å². The maximum absolute atomic E-state index is 12.1. The zero-order chi connectivity index (χ0) is 14.6. The molecule has 0 aromatic heterocycles. The Bertz CT molecular complexity index is 331. The Morgan fingerprint density at radius 3 is 2.42 bits per heavy atom. The Kier molecular flexibility index (Phi) is 5.39. The third-order valence-electron chi connectivity index (χ3n) is 3.35. The van der Waals surface area contributed by atoms with Crippen molar-refractivity contribution in [2.24, 2.45) is 5.92 Å². The fourth-order valence-corrected chi connectivity index (χ4v) is 2.54. The number of amides is 1. The molecule has 1 aliphatic rings. The Balaban J connectivity index is 2.41. The first-order valence-electron chi connectivity index (χ1n) is 7.22. The minimum Gasteiger partial charge on any atom is -0.460 e. The lowest BCUT2D eigenvalue weighted by molar-refractivity contribution is -0.156. The summed E-state index contributed by atoms with van der Waals surface area (Å²) in [6.07, 6.45) is 2.59. The first-order chi connectivity index (χ1) is 8.70. The van der Waals surface area contributed by atoms with Gasteiger partial charge in [0.05, 0.1) is 6.42 Å². The first-order valence-corrected chi connectivity index (χ1v) is 7.22. The lowest BCUT2D eigenvalue weighted by atomic mass is 10.0. The monoisotopic (exact) mass is 269 g/mol. The molecule has 4 nitrogen and oxygen atoms in total. The van der Waals surface area contributed by atoms with Gasteiger partial charge in [-0.25, -0.2) is 0 Å². The second-order valence-corrected chi connectivity index (χ2v) is 6.63. The Morgan fingerprint density at radius 2 is 1.89 bits per heavy atom. The van der Waals surface area contributed by atoms with Crippen LogP contribution in [0.1, 0.15) is 60.3 Å². The van der Waals surface area contributed by atoms with Gasteiger partial charge in [0.15, 0.2) is 0 Å². The first kappa shape index (κ1) is 16.0. The van der Waals surface area contributed by atoms with E-state index in [0.29, 0.717) is 12.0 Å². The largest absolute Gasteiger partial charge is 0.460 e. The fraction of sp³-hybridized carbons (Fsp3) is 0.867. The van der Waals surface area contributed by atoms with Gasteiger partial charge in [0, 0.05) is 19.0 Å². The molecule has 1 unspecified atom stereocenters. The molecule has 1 rings (SSSR count). The summed E-state index contributed by atoms with van der Waals surface area (Å²) in [7, 11) is 0. The number of hydrogen-bond acceptors (Lipinski definition) is 3. The third kappa shape index (κ3) is 5.21. The van der Waals surface area contributed by atoms with Crippen LogP contribution in [-0.4, -0.2) is 35.0 Å². The molecule has 0 aromatic rings. The van der Waals surface area contributed by atoms with Gasteiger partial charge in [-0.05, 0) is 39.5 Å². The number of hydrogen-bond donors (Lipinski definition) is 0. The van der Waals surface area contributed by atoms with Crippen molar-refractivity contribution in [3.63, 3.8) is 0 Å². The molecule has 0 N–H and O–H groups in total. The van der Waals surface area contributed by atoms with Crippen LogP contribution in [0.15, 0.2) is 0 Å². The van der Waals surface area contributed by atoms with E-state index in [2.05, 4.69) is 13.8 Å². The zero-order valence-corrected chi connectivity index (χ0v) is 12.9. The highest BCUT2D eigenvalue weighted by molar-refractivity contribution is 5.81. The van der Waals surface area contributed by atoms with Crippen molar-refractivity contribution in [1.82, 2.24) is 4.90 Å². The number of nitrogens with zero attached hydrogens (tertiary/aromatic N) is 1. The smallest absolute Gasteiger partial charge is 0.306 e. The molecule has 0 spiro atoms. The summed E-state index contributed by atoms with van der Waals surface area (Å²) < 4.78 is 5.22. The van der Waals surface area contributed by atoms with Crippen LogP contribution in [0.4, 0.5) is 0 Å². The van der Waals surface area contributed by atoms with Gasteiger partial charge in [0.2, 0.25) is 5.91 Å². The Hall–Kier alpha value is -1.06. The van der Waals surface area contributed by atoms with E-state index in [1.807, 2.05) is 25.7 Å². The van der Waals surface area contributed by atoms with Gasteiger partial charge < -0.3 is 9.64 Å². The van der Waals surface area contributed by atoms with Gasteiger partial charge in [-0.15, -0.1) is 0 Å². The van der Waals surface area contributed by atoms with E-state index >= 15 is 0 Å². The quantitative estimate of drug-likeness (QED) is 0.737. The topological polar surface area (TPSA) is 46.6 Å². The van der Waals surface area contributed by atoms with Crippen molar-refractivity contribution in [3.05, 3.63) is 0 Å². The number of esters is 1. The molecule has 19 heavy (non-hydrogen) atoms. The van der Waals surface area contributed by atoms with Crippen molar-refractivity contribution >= 4 is 11.9 Å². The van der Waals surface area contributed by atoms with Crippen LogP contribution in [0.5, 0.6) is 0 Å². The standard InChI is InChI=1S/C15H27NO3/c1-11(2)12-7-6-10-16(12)13(17)8-9-14(18)19-15(3,4)5/h11-12H,6-10H2,1-5H3. The van der Waals surface area contributed by atoms with Gasteiger partial charge in [0.1, 0.15) is 5.60 Å². The minimum absolute atomic E-state index is 0.0852. The molecule has 1 saturated heterocycles. The number of carbonyl (C=O) groups is 2. The molecule has 0 saturated carbocycles. The predicted molar refractivity (Wildman–Crippen MR) is 74.7 cm³/mol. The maximum Gasteiger partial charge on any atom is 0.306 e. The summed E-state index contributed by atoms with van der Waals surface area (Å²) >= 11 is 0. The zero-order valence-electron chi connectivity index (χ0n) is 12.9. The lowest BCUT2D eigenvalue weighted by Crippen LogP contribution is -2.38. The number of ether oxygens (including phenoxy) is 1.